The number of imidazole rings is 1. The maximum absolute atomic E-state index is 11.6. The van der Waals surface area contributed by atoms with Crippen molar-refractivity contribution >= 4 is 28.8 Å². The fraction of sp³-hybridized carbons (Fsp3) is 0.417. The van der Waals surface area contributed by atoms with Gasteiger partial charge in [-0.25, -0.2) is 4.98 Å². The molecule has 8 heteroatoms. The molecule has 1 aromatic heterocycles. The van der Waals surface area contributed by atoms with Crippen molar-refractivity contribution < 1.29 is 14.3 Å². The fourth-order valence-corrected chi connectivity index (χ4v) is 4.79. The van der Waals surface area contributed by atoms with Gasteiger partial charge in [-0.15, -0.1) is 11.8 Å². The molecule has 170 valence electrons. The van der Waals surface area contributed by atoms with Crippen molar-refractivity contribution in [1.29, 1.82) is 0 Å². The first-order valence-electron chi connectivity index (χ1n) is 10.9. The van der Waals surface area contributed by atoms with Crippen LogP contribution in [0.1, 0.15) is 30.3 Å². The van der Waals surface area contributed by atoms with E-state index in [1.807, 2.05) is 36.4 Å². The summed E-state index contributed by atoms with van der Waals surface area (Å²) in [7, 11) is 3.50. The zero-order valence-electron chi connectivity index (χ0n) is 18.5. The summed E-state index contributed by atoms with van der Waals surface area (Å²) in [5.41, 5.74) is 8.85. The molecule has 1 aliphatic rings. The highest BCUT2D eigenvalue weighted by Gasteiger charge is 2.26. The van der Waals surface area contributed by atoms with E-state index < -0.39 is 12.0 Å². The number of H-pyrrole nitrogens is 1. The van der Waals surface area contributed by atoms with Crippen LogP contribution in [0.2, 0.25) is 0 Å². The van der Waals surface area contributed by atoms with Gasteiger partial charge < -0.3 is 25.1 Å². The van der Waals surface area contributed by atoms with Gasteiger partial charge in [0.05, 0.1) is 24.2 Å². The highest BCUT2D eigenvalue weighted by molar-refractivity contribution is 7.99. The number of rotatable bonds is 8. The Morgan fingerprint density at radius 2 is 2.03 bits per heavy atom. The van der Waals surface area contributed by atoms with Gasteiger partial charge in [0.2, 0.25) is 0 Å². The summed E-state index contributed by atoms with van der Waals surface area (Å²) in [5, 5.41) is 0. The number of para-hydroxylation sites is 2. The van der Waals surface area contributed by atoms with E-state index in [2.05, 4.69) is 29.1 Å². The van der Waals surface area contributed by atoms with E-state index in [1.54, 1.807) is 0 Å². The Morgan fingerprint density at radius 3 is 2.78 bits per heavy atom. The van der Waals surface area contributed by atoms with Crippen molar-refractivity contribution in [2.45, 2.75) is 36.0 Å². The zero-order chi connectivity index (χ0) is 22.5. The molecule has 2 aromatic carbocycles. The summed E-state index contributed by atoms with van der Waals surface area (Å²) in [5.74, 6) is 0.847. The summed E-state index contributed by atoms with van der Waals surface area (Å²) in [6.07, 6.45) is 1.87. The van der Waals surface area contributed by atoms with E-state index in [-0.39, 0.29) is 12.2 Å². The molecule has 4 rings (SSSR count). The quantitative estimate of drug-likeness (QED) is 0.398. The third-order valence-electron chi connectivity index (χ3n) is 5.74. The molecule has 0 saturated carbocycles. The standard InChI is InChI=1S/C24H30N4O3S/c1-28-12-10-17(11-13-28)31-22(23-26-20-8-3-4-9-21(20)27-23)16-6-5-7-18(14-16)32-15-19(25)24(29)30-2/h3-9,14,17,19,22H,10-13,15,25H2,1-2H3,(H,26,27). The molecular formula is C24H30N4O3S. The van der Waals surface area contributed by atoms with Crippen LogP contribution in [0.4, 0.5) is 0 Å². The monoisotopic (exact) mass is 454 g/mol. The average molecular weight is 455 g/mol. The molecular weight excluding hydrogens is 424 g/mol. The van der Waals surface area contributed by atoms with Crippen molar-refractivity contribution in [3.8, 4) is 0 Å². The molecule has 7 nitrogen and oxygen atoms in total. The van der Waals surface area contributed by atoms with E-state index in [9.17, 15) is 4.79 Å². The maximum atomic E-state index is 11.6. The maximum Gasteiger partial charge on any atom is 0.323 e. The van der Waals surface area contributed by atoms with Crippen LogP contribution in [0.5, 0.6) is 0 Å². The number of carbonyl (C=O) groups is 1. The number of aromatic nitrogens is 2. The van der Waals surface area contributed by atoms with E-state index in [0.29, 0.717) is 5.75 Å². The Labute approximate surface area is 192 Å². The summed E-state index contributed by atoms with van der Waals surface area (Å²) < 4.78 is 11.4. The van der Waals surface area contributed by atoms with Gasteiger partial charge in [0.15, 0.2) is 0 Å². The van der Waals surface area contributed by atoms with E-state index in [4.69, 9.17) is 20.2 Å². The predicted octanol–water partition coefficient (Wildman–Crippen LogP) is 3.36. The second-order valence-electron chi connectivity index (χ2n) is 8.17. The normalized spacial score (nSPS) is 17.3. The number of hydrogen-bond acceptors (Lipinski definition) is 7. The summed E-state index contributed by atoms with van der Waals surface area (Å²) in [6, 6.07) is 15.6. The number of fused-ring (bicyclic) bond motifs is 1. The highest BCUT2D eigenvalue weighted by atomic mass is 32.2. The first-order valence-corrected chi connectivity index (χ1v) is 11.9. The SMILES string of the molecule is COC(=O)C(N)CSc1cccc(C(OC2CCN(C)CC2)c2nc3ccccc3[nH]2)c1. The van der Waals surface area contributed by atoms with Gasteiger partial charge in [0, 0.05) is 23.7 Å². The van der Waals surface area contributed by atoms with Crippen LogP contribution >= 0.6 is 11.8 Å². The lowest BCUT2D eigenvalue weighted by molar-refractivity contribution is -0.141. The number of likely N-dealkylation sites (tertiary alicyclic amines) is 1. The molecule has 0 radical (unpaired) electrons. The predicted molar refractivity (Wildman–Crippen MR) is 127 cm³/mol. The molecule has 1 fully saturated rings. The molecule has 2 atom stereocenters. The molecule has 0 spiro atoms. The minimum Gasteiger partial charge on any atom is -0.468 e. The molecule has 1 saturated heterocycles. The summed E-state index contributed by atoms with van der Waals surface area (Å²) >= 11 is 1.53. The number of aromatic amines is 1. The lowest BCUT2D eigenvalue weighted by Gasteiger charge is -2.31. The number of carbonyl (C=O) groups excluding carboxylic acids is 1. The number of hydrogen-bond donors (Lipinski definition) is 2. The largest absolute Gasteiger partial charge is 0.468 e. The molecule has 32 heavy (non-hydrogen) atoms. The Balaban J connectivity index is 1.58. The number of methoxy groups -OCH3 is 1. The molecule has 2 heterocycles. The van der Waals surface area contributed by atoms with Gasteiger partial charge in [-0.3, -0.25) is 4.79 Å². The Morgan fingerprint density at radius 1 is 1.25 bits per heavy atom. The molecule has 3 aromatic rings. The van der Waals surface area contributed by atoms with Crippen molar-refractivity contribution in [3.63, 3.8) is 0 Å². The van der Waals surface area contributed by atoms with Crippen molar-refractivity contribution in [1.82, 2.24) is 14.9 Å². The zero-order valence-corrected chi connectivity index (χ0v) is 19.3. The van der Waals surface area contributed by atoms with E-state index in [0.717, 1.165) is 53.2 Å². The van der Waals surface area contributed by atoms with Crippen molar-refractivity contribution in [2.75, 3.05) is 33.0 Å². The van der Waals surface area contributed by atoms with Gasteiger partial charge in [0.1, 0.15) is 18.0 Å². The second kappa shape index (κ2) is 10.5. The van der Waals surface area contributed by atoms with Crippen LogP contribution in [0, 0.1) is 0 Å². The van der Waals surface area contributed by atoms with Crippen LogP contribution in [-0.2, 0) is 14.3 Å². The van der Waals surface area contributed by atoms with Crippen LogP contribution < -0.4 is 5.73 Å². The third-order valence-corrected chi connectivity index (χ3v) is 6.86. The fourth-order valence-electron chi connectivity index (χ4n) is 3.88. The first-order chi connectivity index (χ1) is 15.5. The second-order valence-corrected chi connectivity index (χ2v) is 9.26. The Kier molecular flexibility index (Phi) is 7.47. The molecule has 3 N–H and O–H groups in total. The van der Waals surface area contributed by atoms with Crippen molar-refractivity contribution in [3.05, 3.63) is 59.9 Å². The van der Waals surface area contributed by atoms with Crippen LogP contribution in [0.25, 0.3) is 11.0 Å². The molecule has 0 bridgehead atoms. The van der Waals surface area contributed by atoms with Crippen molar-refractivity contribution in [2.24, 2.45) is 5.73 Å². The lowest BCUT2D eigenvalue weighted by Crippen LogP contribution is -2.35. The summed E-state index contributed by atoms with van der Waals surface area (Å²) in [6.45, 7) is 2.05. The number of esters is 1. The van der Waals surface area contributed by atoms with Crippen LogP contribution in [-0.4, -0.2) is 66.0 Å². The number of piperidine rings is 1. The van der Waals surface area contributed by atoms with Crippen LogP contribution in [0.15, 0.2) is 53.4 Å². The number of nitrogens with two attached hydrogens (primary N) is 1. The third kappa shape index (κ3) is 5.50. The molecule has 0 amide bonds. The topological polar surface area (TPSA) is 93.5 Å². The van der Waals surface area contributed by atoms with E-state index in [1.165, 1.54) is 18.9 Å². The average Bonchev–Trinajstić information content (AvgIpc) is 3.25. The smallest absolute Gasteiger partial charge is 0.323 e. The number of ether oxygens (including phenoxy) is 2. The molecule has 2 unspecified atom stereocenters. The van der Waals surface area contributed by atoms with Gasteiger partial charge >= 0.3 is 5.97 Å². The van der Waals surface area contributed by atoms with Gasteiger partial charge in [-0.05, 0) is 49.7 Å². The molecule has 1 aliphatic heterocycles. The van der Waals surface area contributed by atoms with Crippen LogP contribution in [0.3, 0.4) is 0 Å². The molecule has 0 aliphatic carbocycles. The van der Waals surface area contributed by atoms with E-state index >= 15 is 0 Å². The lowest BCUT2D eigenvalue weighted by atomic mass is 10.1. The minimum atomic E-state index is -0.657. The summed E-state index contributed by atoms with van der Waals surface area (Å²) in [4.78, 5) is 23.3. The number of thioether (sulfide) groups is 1. The Bertz CT molecular complexity index is 1020. The van der Waals surface area contributed by atoms with Gasteiger partial charge in [-0.1, -0.05) is 24.3 Å². The van der Waals surface area contributed by atoms with Gasteiger partial charge in [-0.2, -0.15) is 0 Å². The first kappa shape index (κ1) is 22.8. The Hall–Kier alpha value is -2.39. The number of nitrogens with zero attached hydrogens (tertiary/aromatic N) is 2. The number of benzene rings is 2. The minimum absolute atomic E-state index is 0.175. The number of nitrogens with one attached hydrogen (secondary N) is 1. The highest BCUT2D eigenvalue weighted by Crippen LogP contribution is 2.32. The van der Waals surface area contributed by atoms with Gasteiger partial charge in [0.25, 0.3) is 0 Å².